The molecule has 2 aromatic heterocycles. The first kappa shape index (κ1) is 12.0. The molecule has 0 atom stereocenters. The van der Waals surface area contributed by atoms with Crippen LogP contribution in [0.3, 0.4) is 0 Å². The third kappa shape index (κ3) is 1.83. The molecule has 0 saturated heterocycles. The van der Waals surface area contributed by atoms with E-state index in [4.69, 9.17) is 6.42 Å². The lowest BCUT2D eigenvalue weighted by molar-refractivity contribution is 0.625. The standard InChI is InChI=1S/C13H8FN5O/c1-2-6-18-8-15-12-11(13(18)20)16-17-19(12)10-5-3-4-9(14)7-10/h1,3-5,7-8H,6H2. The number of halogens is 1. The molecule has 2 heterocycles. The summed E-state index contributed by atoms with van der Waals surface area (Å²) in [6, 6.07) is 5.78. The molecule has 0 radical (unpaired) electrons. The van der Waals surface area contributed by atoms with Crippen molar-refractivity contribution in [1.82, 2.24) is 24.5 Å². The summed E-state index contributed by atoms with van der Waals surface area (Å²) < 4.78 is 15.8. The van der Waals surface area contributed by atoms with Crippen LogP contribution in [-0.2, 0) is 6.54 Å². The summed E-state index contributed by atoms with van der Waals surface area (Å²) >= 11 is 0. The fourth-order valence-electron chi connectivity index (χ4n) is 1.84. The summed E-state index contributed by atoms with van der Waals surface area (Å²) in [6.45, 7) is 0.106. The highest BCUT2D eigenvalue weighted by Crippen LogP contribution is 2.12. The molecule has 0 bridgehead atoms. The number of benzene rings is 1. The van der Waals surface area contributed by atoms with E-state index in [9.17, 15) is 9.18 Å². The maximum atomic E-state index is 13.2. The fraction of sp³-hybridized carbons (Fsp3) is 0.0769. The average Bonchev–Trinajstić information content (AvgIpc) is 2.87. The molecule has 0 N–H and O–H groups in total. The molecule has 20 heavy (non-hydrogen) atoms. The van der Waals surface area contributed by atoms with Gasteiger partial charge in [-0.05, 0) is 18.2 Å². The van der Waals surface area contributed by atoms with Crippen molar-refractivity contribution < 1.29 is 4.39 Å². The minimum Gasteiger partial charge on any atom is -0.285 e. The van der Waals surface area contributed by atoms with Gasteiger partial charge in [0.05, 0.1) is 12.2 Å². The summed E-state index contributed by atoms with van der Waals surface area (Å²) in [6.07, 6.45) is 6.49. The van der Waals surface area contributed by atoms with E-state index in [2.05, 4.69) is 21.2 Å². The second kappa shape index (κ2) is 4.59. The first-order valence-electron chi connectivity index (χ1n) is 5.71. The van der Waals surface area contributed by atoms with E-state index < -0.39 is 5.82 Å². The summed E-state index contributed by atoms with van der Waals surface area (Å²) in [4.78, 5) is 16.2. The van der Waals surface area contributed by atoms with Crippen molar-refractivity contribution in [2.75, 3.05) is 0 Å². The summed E-state index contributed by atoms with van der Waals surface area (Å²) in [7, 11) is 0. The quantitative estimate of drug-likeness (QED) is 0.644. The van der Waals surface area contributed by atoms with Crippen LogP contribution in [0.4, 0.5) is 4.39 Å². The van der Waals surface area contributed by atoms with Crippen LogP contribution in [0.25, 0.3) is 16.9 Å². The molecule has 0 aliphatic carbocycles. The SMILES string of the molecule is C#CCn1cnc2c(nnn2-c2cccc(F)c2)c1=O. The van der Waals surface area contributed by atoms with Gasteiger partial charge in [0, 0.05) is 0 Å². The van der Waals surface area contributed by atoms with E-state index >= 15 is 0 Å². The molecule has 0 spiro atoms. The van der Waals surface area contributed by atoms with Crippen molar-refractivity contribution in [2.24, 2.45) is 0 Å². The number of fused-ring (bicyclic) bond motifs is 1. The topological polar surface area (TPSA) is 65.6 Å². The minimum absolute atomic E-state index is 0.0898. The molecule has 3 aromatic rings. The van der Waals surface area contributed by atoms with Crippen LogP contribution < -0.4 is 5.56 Å². The summed E-state index contributed by atoms with van der Waals surface area (Å²) in [5.41, 5.74) is 0.408. The molecule has 0 aliphatic heterocycles. The van der Waals surface area contributed by atoms with Crippen LogP contribution in [0, 0.1) is 18.2 Å². The van der Waals surface area contributed by atoms with Crippen molar-refractivity contribution >= 4 is 11.2 Å². The summed E-state index contributed by atoms with van der Waals surface area (Å²) in [5, 5.41) is 7.63. The Kier molecular flexibility index (Phi) is 2.76. The number of terminal acetylenes is 1. The van der Waals surface area contributed by atoms with Crippen LogP contribution in [0.1, 0.15) is 0 Å². The Hall–Kier alpha value is -3.01. The van der Waals surface area contributed by atoms with Gasteiger partial charge in [0.2, 0.25) is 0 Å². The molecule has 0 fully saturated rings. The van der Waals surface area contributed by atoms with Crippen molar-refractivity contribution in [2.45, 2.75) is 6.54 Å². The molecule has 0 saturated carbocycles. The van der Waals surface area contributed by atoms with Crippen LogP contribution in [0.2, 0.25) is 0 Å². The Morgan fingerprint density at radius 3 is 3.00 bits per heavy atom. The highest BCUT2D eigenvalue weighted by Gasteiger charge is 2.13. The van der Waals surface area contributed by atoms with Gasteiger partial charge in [-0.2, -0.15) is 4.68 Å². The van der Waals surface area contributed by atoms with Gasteiger partial charge in [-0.3, -0.25) is 9.36 Å². The largest absolute Gasteiger partial charge is 0.285 e. The molecule has 3 rings (SSSR count). The van der Waals surface area contributed by atoms with E-state index in [0.29, 0.717) is 5.69 Å². The predicted octanol–water partition coefficient (Wildman–Crippen LogP) is 0.749. The molecule has 7 heteroatoms. The number of nitrogens with zero attached hydrogens (tertiary/aromatic N) is 5. The van der Waals surface area contributed by atoms with Crippen LogP contribution in [0.15, 0.2) is 35.4 Å². The lowest BCUT2D eigenvalue weighted by atomic mass is 10.3. The number of hydrogen-bond acceptors (Lipinski definition) is 4. The minimum atomic E-state index is -0.410. The van der Waals surface area contributed by atoms with Gasteiger partial charge in [0.25, 0.3) is 5.56 Å². The Labute approximate surface area is 112 Å². The maximum Gasteiger partial charge on any atom is 0.284 e. The van der Waals surface area contributed by atoms with Gasteiger partial charge in [0.15, 0.2) is 11.2 Å². The molecular formula is C13H8FN5O. The fourth-order valence-corrected chi connectivity index (χ4v) is 1.84. The van der Waals surface area contributed by atoms with Crippen molar-refractivity contribution in [3.05, 3.63) is 46.8 Å². The van der Waals surface area contributed by atoms with E-state index in [-0.39, 0.29) is 23.3 Å². The third-order valence-corrected chi connectivity index (χ3v) is 2.74. The number of hydrogen-bond donors (Lipinski definition) is 0. The maximum absolute atomic E-state index is 13.2. The zero-order valence-electron chi connectivity index (χ0n) is 10.2. The molecule has 1 aromatic carbocycles. The number of aromatic nitrogens is 5. The van der Waals surface area contributed by atoms with Crippen molar-refractivity contribution in [3.8, 4) is 18.0 Å². The Morgan fingerprint density at radius 2 is 2.25 bits per heavy atom. The average molecular weight is 269 g/mol. The zero-order valence-corrected chi connectivity index (χ0v) is 10.2. The zero-order chi connectivity index (χ0) is 14.1. The van der Waals surface area contributed by atoms with Gasteiger partial charge >= 0.3 is 0 Å². The Morgan fingerprint density at radius 1 is 1.40 bits per heavy atom. The van der Waals surface area contributed by atoms with Gasteiger partial charge in [0.1, 0.15) is 12.1 Å². The highest BCUT2D eigenvalue weighted by molar-refractivity contribution is 5.70. The molecule has 0 amide bonds. The van der Waals surface area contributed by atoms with E-state index in [1.54, 1.807) is 6.07 Å². The van der Waals surface area contributed by atoms with E-state index in [1.165, 1.54) is 33.8 Å². The lowest BCUT2D eigenvalue weighted by Gasteiger charge is -2.02. The Bertz CT molecular complexity index is 890. The molecular weight excluding hydrogens is 261 g/mol. The normalized spacial score (nSPS) is 10.6. The van der Waals surface area contributed by atoms with E-state index in [0.717, 1.165) is 0 Å². The van der Waals surface area contributed by atoms with Gasteiger partial charge < -0.3 is 0 Å². The summed E-state index contributed by atoms with van der Waals surface area (Å²) in [5.74, 6) is 1.94. The third-order valence-electron chi connectivity index (χ3n) is 2.74. The lowest BCUT2D eigenvalue weighted by Crippen LogP contribution is -2.20. The van der Waals surface area contributed by atoms with Crippen LogP contribution in [0.5, 0.6) is 0 Å². The number of rotatable bonds is 2. The molecule has 98 valence electrons. The first-order chi connectivity index (χ1) is 9.70. The Balaban J connectivity index is 2.23. The highest BCUT2D eigenvalue weighted by atomic mass is 19.1. The van der Waals surface area contributed by atoms with Crippen molar-refractivity contribution in [1.29, 1.82) is 0 Å². The molecule has 0 aliphatic rings. The van der Waals surface area contributed by atoms with Crippen LogP contribution in [-0.4, -0.2) is 24.5 Å². The first-order valence-corrected chi connectivity index (χ1v) is 5.71. The van der Waals surface area contributed by atoms with E-state index in [1.807, 2.05) is 0 Å². The van der Waals surface area contributed by atoms with Crippen molar-refractivity contribution in [3.63, 3.8) is 0 Å². The van der Waals surface area contributed by atoms with Gasteiger partial charge in [-0.15, -0.1) is 11.5 Å². The van der Waals surface area contributed by atoms with Crippen LogP contribution >= 0.6 is 0 Å². The predicted molar refractivity (Wildman–Crippen MR) is 69.7 cm³/mol. The molecule has 6 nitrogen and oxygen atoms in total. The second-order valence-corrected chi connectivity index (χ2v) is 4.04. The smallest absolute Gasteiger partial charge is 0.284 e. The van der Waals surface area contributed by atoms with Gasteiger partial charge in [-0.25, -0.2) is 9.37 Å². The molecule has 0 unspecified atom stereocenters. The van der Waals surface area contributed by atoms with Gasteiger partial charge in [-0.1, -0.05) is 17.2 Å². The monoisotopic (exact) mass is 269 g/mol. The second-order valence-electron chi connectivity index (χ2n) is 4.04.